The average Bonchev–Trinajstić information content (AvgIpc) is 3.64. The highest BCUT2D eigenvalue weighted by atomic mass is 32.1. The maximum absolute atomic E-state index is 14.1. The summed E-state index contributed by atoms with van der Waals surface area (Å²) in [6, 6.07) is 14.7. The van der Waals surface area contributed by atoms with E-state index >= 15 is 0 Å². The minimum absolute atomic E-state index is 0.0337. The zero-order chi connectivity index (χ0) is 32.1. The van der Waals surface area contributed by atoms with Crippen molar-refractivity contribution in [2.75, 3.05) is 41.2 Å². The number of nitrogens with zero attached hydrogens (tertiary/aromatic N) is 2. The van der Waals surface area contributed by atoms with Crippen LogP contribution < -0.4 is 24.4 Å². The van der Waals surface area contributed by atoms with E-state index in [0.717, 1.165) is 5.56 Å². The standard InChI is InChI=1S/C33H32N2O9S/c1-6-42-29-23(8-7-9-25(29)40-4)28-27(32(38)43-17-16-39-3)19(2)34-33-35(28)30(36)26(45-33)18-22-14-15-24(44-22)20-10-12-21(13-11-20)31(37)41-5/h7-15,18,28H,6,16-17H2,1-5H3/b26-18+/t28-/m1/s1. The summed E-state index contributed by atoms with van der Waals surface area (Å²) in [5, 5.41) is 0. The zero-order valence-corrected chi connectivity index (χ0v) is 26.3. The van der Waals surface area contributed by atoms with Gasteiger partial charge in [0.1, 0.15) is 24.2 Å². The number of furan rings is 1. The molecule has 0 saturated carbocycles. The molecule has 0 spiro atoms. The number of benzene rings is 2. The number of rotatable bonds is 11. The first-order valence-corrected chi connectivity index (χ1v) is 14.9. The van der Waals surface area contributed by atoms with Gasteiger partial charge in [-0.05, 0) is 44.2 Å². The molecule has 45 heavy (non-hydrogen) atoms. The summed E-state index contributed by atoms with van der Waals surface area (Å²) in [7, 11) is 4.37. The molecule has 0 saturated heterocycles. The number of esters is 2. The van der Waals surface area contributed by atoms with Crippen LogP contribution in [0.2, 0.25) is 0 Å². The highest BCUT2D eigenvalue weighted by Crippen LogP contribution is 2.40. The van der Waals surface area contributed by atoms with Gasteiger partial charge in [-0.25, -0.2) is 14.6 Å². The summed E-state index contributed by atoms with van der Waals surface area (Å²) >= 11 is 1.17. The number of aromatic nitrogens is 1. The largest absolute Gasteiger partial charge is 0.493 e. The van der Waals surface area contributed by atoms with Crippen molar-refractivity contribution in [1.29, 1.82) is 0 Å². The summed E-state index contributed by atoms with van der Waals surface area (Å²) in [5.41, 5.74) is 1.96. The van der Waals surface area contributed by atoms with E-state index in [9.17, 15) is 14.4 Å². The molecule has 2 aromatic heterocycles. The van der Waals surface area contributed by atoms with E-state index in [2.05, 4.69) is 4.99 Å². The number of methoxy groups -OCH3 is 3. The highest BCUT2D eigenvalue weighted by molar-refractivity contribution is 7.07. The maximum Gasteiger partial charge on any atom is 0.338 e. The highest BCUT2D eigenvalue weighted by Gasteiger charge is 2.36. The lowest BCUT2D eigenvalue weighted by atomic mass is 9.94. The summed E-state index contributed by atoms with van der Waals surface area (Å²) in [4.78, 5) is 44.4. The van der Waals surface area contributed by atoms with Gasteiger partial charge < -0.3 is 28.1 Å². The van der Waals surface area contributed by atoms with Gasteiger partial charge in [0, 0.05) is 24.3 Å². The van der Waals surface area contributed by atoms with Gasteiger partial charge in [0.25, 0.3) is 5.56 Å². The lowest BCUT2D eigenvalue weighted by molar-refractivity contribution is -0.140. The van der Waals surface area contributed by atoms with Crippen molar-refractivity contribution in [3.8, 4) is 22.8 Å². The predicted octanol–water partition coefficient (Wildman–Crippen LogP) is 3.88. The van der Waals surface area contributed by atoms with Crippen LogP contribution in [0.3, 0.4) is 0 Å². The summed E-state index contributed by atoms with van der Waals surface area (Å²) in [6.07, 6.45) is 1.64. The van der Waals surface area contributed by atoms with E-state index in [1.165, 1.54) is 37.2 Å². The molecular formula is C33H32N2O9S. The summed E-state index contributed by atoms with van der Waals surface area (Å²) in [6.45, 7) is 4.13. The smallest absolute Gasteiger partial charge is 0.338 e. The molecule has 0 bridgehead atoms. The number of ether oxygens (including phenoxy) is 5. The van der Waals surface area contributed by atoms with Gasteiger partial charge in [0.15, 0.2) is 16.3 Å². The first kappa shape index (κ1) is 31.5. The fraction of sp³-hybridized carbons (Fsp3) is 0.273. The second-order valence-corrected chi connectivity index (χ2v) is 10.8. The third-order valence-corrected chi connectivity index (χ3v) is 8.05. The quantitative estimate of drug-likeness (QED) is 0.179. The zero-order valence-electron chi connectivity index (χ0n) is 25.4. The third kappa shape index (κ3) is 6.33. The fourth-order valence-corrected chi connectivity index (χ4v) is 6.01. The maximum atomic E-state index is 14.1. The van der Waals surface area contributed by atoms with Gasteiger partial charge >= 0.3 is 11.9 Å². The van der Waals surface area contributed by atoms with Crippen LogP contribution in [0, 0.1) is 0 Å². The Morgan fingerprint density at radius 3 is 2.49 bits per heavy atom. The molecule has 12 heteroatoms. The van der Waals surface area contributed by atoms with Gasteiger partial charge in [0.05, 0.1) is 48.8 Å². The molecule has 0 unspecified atom stereocenters. The van der Waals surface area contributed by atoms with Gasteiger partial charge in [-0.15, -0.1) is 0 Å². The molecule has 0 aliphatic carbocycles. The number of allylic oxidation sites excluding steroid dienone is 1. The van der Waals surface area contributed by atoms with E-state index in [-0.39, 0.29) is 24.3 Å². The topological polar surface area (TPSA) is 128 Å². The molecule has 0 N–H and O–H groups in total. The van der Waals surface area contributed by atoms with Gasteiger partial charge in [-0.1, -0.05) is 35.6 Å². The molecule has 11 nitrogen and oxygen atoms in total. The number of fused-ring (bicyclic) bond motifs is 1. The molecule has 1 atom stereocenters. The van der Waals surface area contributed by atoms with Crippen LogP contribution >= 0.6 is 11.3 Å². The summed E-state index contributed by atoms with van der Waals surface area (Å²) < 4.78 is 34.8. The minimum Gasteiger partial charge on any atom is -0.493 e. The van der Waals surface area contributed by atoms with Crippen molar-refractivity contribution in [3.05, 3.63) is 102 Å². The van der Waals surface area contributed by atoms with E-state index in [0.29, 0.717) is 55.8 Å². The first-order chi connectivity index (χ1) is 21.8. The van der Waals surface area contributed by atoms with Gasteiger partial charge in [-0.3, -0.25) is 9.36 Å². The van der Waals surface area contributed by atoms with Crippen LogP contribution in [0.5, 0.6) is 11.5 Å². The predicted molar refractivity (Wildman–Crippen MR) is 166 cm³/mol. The Balaban J connectivity index is 1.61. The second-order valence-electron chi connectivity index (χ2n) is 9.79. The molecule has 5 rings (SSSR count). The van der Waals surface area contributed by atoms with E-state index in [1.807, 2.05) is 6.92 Å². The van der Waals surface area contributed by atoms with Crippen LogP contribution in [0.1, 0.15) is 41.6 Å². The molecule has 0 radical (unpaired) electrons. The first-order valence-electron chi connectivity index (χ1n) is 14.1. The van der Waals surface area contributed by atoms with Crippen LogP contribution in [-0.2, 0) is 19.0 Å². The van der Waals surface area contributed by atoms with Crippen molar-refractivity contribution >= 4 is 29.4 Å². The Hall–Kier alpha value is -4.94. The van der Waals surface area contributed by atoms with E-state index in [1.54, 1.807) is 67.6 Å². The molecule has 3 heterocycles. The Kier molecular flexibility index (Phi) is 9.65. The van der Waals surface area contributed by atoms with E-state index in [4.69, 9.17) is 28.1 Å². The lowest BCUT2D eigenvalue weighted by Gasteiger charge is -2.27. The second kappa shape index (κ2) is 13.8. The van der Waals surface area contributed by atoms with Crippen LogP contribution in [-0.4, -0.2) is 57.7 Å². The Labute approximate surface area is 262 Å². The molecule has 234 valence electrons. The molecule has 2 aromatic carbocycles. The molecule has 1 aliphatic heterocycles. The van der Waals surface area contributed by atoms with Crippen molar-refractivity contribution < 1.29 is 37.7 Å². The third-order valence-electron chi connectivity index (χ3n) is 7.07. The monoisotopic (exact) mass is 632 g/mol. The van der Waals surface area contributed by atoms with Crippen molar-refractivity contribution in [2.45, 2.75) is 19.9 Å². The molecule has 4 aromatic rings. The Morgan fingerprint density at radius 2 is 1.80 bits per heavy atom. The Bertz CT molecular complexity index is 1930. The van der Waals surface area contributed by atoms with Crippen LogP contribution in [0.4, 0.5) is 0 Å². The molecular weight excluding hydrogens is 600 g/mol. The average molecular weight is 633 g/mol. The summed E-state index contributed by atoms with van der Waals surface area (Å²) in [5.74, 6) is 0.813. The number of thiazole rings is 1. The normalized spacial score (nSPS) is 14.5. The SMILES string of the molecule is CCOc1c(OC)cccc1[C@@H]1C(C(=O)OCCOC)=C(C)N=c2s/c(=C/c3ccc(-c4ccc(C(=O)OC)cc4)o3)c(=O)n21. The molecule has 1 aliphatic rings. The Morgan fingerprint density at radius 1 is 1.02 bits per heavy atom. The number of carbonyl (C=O) groups excluding carboxylic acids is 2. The lowest BCUT2D eigenvalue weighted by Crippen LogP contribution is -2.40. The van der Waals surface area contributed by atoms with Crippen LogP contribution in [0.25, 0.3) is 17.4 Å². The molecule has 0 fully saturated rings. The van der Waals surface area contributed by atoms with Gasteiger partial charge in [0.2, 0.25) is 0 Å². The van der Waals surface area contributed by atoms with E-state index < -0.39 is 18.0 Å². The number of hydrogen-bond acceptors (Lipinski definition) is 11. The number of carbonyl (C=O) groups is 2. The minimum atomic E-state index is -0.907. The van der Waals surface area contributed by atoms with Crippen molar-refractivity contribution in [1.82, 2.24) is 4.57 Å². The fourth-order valence-electron chi connectivity index (χ4n) is 4.98. The number of hydrogen-bond donors (Lipinski definition) is 0. The van der Waals surface area contributed by atoms with Crippen molar-refractivity contribution in [2.24, 2.45) is 4.99 Å². The number of para-hydroxylation sites is 1. The molecule has 0 amide bonds. The van der Waals surface area contributed by atoms with Crippen molar-refractivity contribution in [3.63, 3.8) is 0 Å². The van der Waals surface area contributed by atoms with Gasteiger partial charge in [-0.2, -0.15) is 0 Å². The van der Waals surface area contributed by atoms with Crippen LogP contribution in [0.15, 0.2) is 80.1 Å².